The van der Waals surface area contributed by atoms with Gasteiger partial charge in [0.2, 0.25) is 0 Å². The van der Waals surface area contributed by atoms with Crippen molar-refractivity contribution in [2.45, 2.75) is 41.5 Å². The molecule has 0 spiro atoms. The fourth-order valence-electron chi connectivity index (χ4n) is 0.728. The summed E-state index contributed by atoms with van der Waals surface area (Å²) in [7, 11) is 0. The highest BCUT2D eigenvalue weighted by Crippen LogP contribution is 2.18. The van der Waals surface area contributed by atoms with Crippen molar-refractivity contribution in [3.8, 4) is 48.4 Å². The Bertz CT molecular complexity index is 431. The molecule has 0 fully saturated rings. The molecular formula is C17H20. The highest BCUT2D eigenvalue weighted by atomic mass is 14.2. The van der Waals surface area contributed by atoms with Crippen LogP contribution in [0.2, 0.25) is 0 Å². The van der Waals surface area contributed by atoms with E-state index in [-0.39, 0.29) is 0 Å². The van der Waals surface area contributed by atoms with Crippen molar-refractivity contribution < 1.29 is 0 Å². The van der Waals surface area contributed by atoms with Crippen LogP contribution in [0.3, 0.4) is 0 Å². The van der Waals surface area contributed by atoms with E-state index in [2.05, 4.69) is 35.5 Å². The fourth-order valence-corrected chi connectivity index (χ4v) is 0.728. The minimum Gasteiger partial charge on any atom is -0.119 e. The monoisotopic (exact) mass is 224 g/mol. The summed E-state index contributed by atoms with van der Waals surface area (Å²) in [6, 6.07) is 0. The van der Waals surface area contributed by atoms with E-state index in [1.165, 1.54) is 0 Å². The summed E-state index contributed by atoms with van der Waals surface area (Å²) >= 11 is 0. The van der Waals surface area contributed by atoms with E-state index >= 15 is 0 Å². The van der Waals surface area contributed by atoms with Gasteiger partial charge in [-0.1, -0.05) is 35.5 Å². The second kappa shape index (κ2) is 5.05. The Hall–Kier alpha value is -1.76. The van der Waals surface area contributed by atoms with E-state index < -0.39 is 16.2 Å². The minimum absolute atomic E-state index is 0.401. The van der Waals surface area contributed by atoms with Crippen LogP contribution in [0.25, 0.3) is 0 Å². The Labute approximate surface area is 107 Å². The molecule has 0 aromatic rings. The molecule has 17 heavy (non-hydrogen) atoms. The molecule has 0 atom stereocenters. The van der Waals surface area contributed by atoms with Crippen LogP contribution in [-0.4, -0.2) is 0 Å². The number of terminal acetylenes is 2. The summed E-state index contributed by atoms with van der Waals surface area (Å²) in [5, 5.41) is 0. The predicted octanol–water partition coefficient (Wildman–Crippen LogP) is 3.34. The molecule has 0 heterocycles. The zero-order valence-electron chi connectivity index (χ0n) is 11.7. The maximum atomic E-state index is 5.39. The number of hydrogen-bond acceptors (Lipinski definition) is 0. The molecule has 0 radical (unpaired) electrons. The van der Waals surface area contributed by atoms with Crippen molar-refractivity contribution in [3.05, 3.63) is 0 Å². The Morgan fingerprint density at radius 3 is 1.00 bits per heavy atom. The van der Waals surface area contributed by atoms with Crippen LogP contribution in [0.4, 0.5) is 0 Å². The second-order valence-electron chi connectivity index (χ2n) is 5.66. The lowest BCUT2D eigenvalue weighted by molar-refractivity contribution is 0.643. The summed E-state index contributed by atoms with van der Waals surface area (Å²) in [6.07, 6.45) is 10.8. The third-order valence-corrected chi connectivity index (χ3v) is 2.10. The molecule has 0 saturated carbocycles. The van der Waals surface area contributed by atoms with Crippen molar-refractivity contribution in [1.29, 1.82) is 0 Å². The molecule has 0 amide bonds. The predicted molar refractivity (Wildman–Crippen MR) is 74.6 cm³/mol. The highest BCUT2D eigenvalue weighted by Gasteiger charge is 2.15. The summed E-state index contributed by atoms with van der Waals surface area (Å²) in [6.45, 7) is 11.6. The van der Waals surface area contributed by atoms with Crippen molar-refractivity contribution in [2.24, 2.45) is 16.2 Å². The van der Waals surface area contributed by atoms with E-state index in [0.717, 1.165) is 0 Å². The van der Waals surface area contributed by atoms with E-state index in [0.29, 0.717) is 0 Å². The number of rotatable bonds is 0. The molecule has 0 aromatic carbocycles. The summed E-state index contributed by atoms with van der Waals surface area (Å²) in [5.74, 6) is 17.6. The SMILES string of the molecule is C#CC(C)(C)C#CC(C)(C)C#CC(C)(C)C#C. The van der Waals surface area contributed by atoms with Crippen molar-refractivity contribution in [3.63, 3.8) is 0 Å². The second-order valence-corrected chi connectivity index (χ2v) is 5.66. The van der Waals surface area contributed by atoms with Crippen LogP contribution < -0.4 is 0 Å². The Kier molecular flexibility index (Phi) is 4.52. The van der Waals surface area contributed by atoms with Gasteiger partial charge in [-0.05, 0) is 41.5 Å². The third-order valence-electron chi connectivity index (χ3n) is 2.10. The number of hydrogen-bond donors (Lipinski definition) is 0. The van der Waals surface area contributed by atoms with E-state index in [9.17, 15) is 0 Å². The van der Waals surface area contributed by atoms with Gasteiger partial charge in [0.05, 0.1) is 16.2 Å². The van der Waals surface area contributed by atoms with Gasteiger partial charge in [-0.3, -0.25) is 0 Å². The molecule has 0 aliphatic rings. The summed E-state index contributed by atoms with van der Waals surface area (Å²) < 4.78 is 0. The van der Waals surface area contributed by atoms with E-state index in [1.807, 2.05) is 41.5 Å². The maximum Gasteiger partial charge on any atom is 0.0863 e. The van der Waals surface area contributed by atoms with Crippen molar-refractivity contribution in [1.82, 2.24) is 0 Å². The van der Waals surface area contributed by atoms with Crippen molar-refractivity contribution in [2.75, 3.05) is 0 Å². The molecule has 0 rings (SSSR count). The van der Waals surface area contributed by atoms with Gasteiger partial charge in [-0.15, -0.1) is 12.8 Å². The largest absolute Gasteiger partial charge is 0.119 e. The first-order valence-electron chi connectivity index (χ1n) is 5.58. The Morgan fingerprint density at radius 2 is 0.765 bits per heavy atom. The smallest absolute Gasteiger partial charge is 0.0863 e. The maximum absolute atomic E-state index is 5.39. The Morgan fingerprint density at radius 1 is 0.529 bits per heavy atom. The van der Waals surface area contributed by atoms with Crippen LogP contribution >= 0.6 is 0 Å². The van der Waals surface area contributed by atoms with Gasteiger partial charge in [0.1, 0.15) is 0 Å². The lowest BCUT2D eigenvalue weighted by atomic mass is 9.87. The molecule has 0 aliphatic heterocycles. The zero-order valence-corrected chi connectivity index (χ0v) is 11.7. The van der Waals surface area contributed by atoms with Gasteiger partial charge in [0.25, 0.3) is 0 Å². The van der Waals surface area contributed by atoms with Crippen LogP contribution in [0, 0.1) is 64.6 Å². The van der Waals surface area contributed by atoms with Crippen LogP contribution in [0.1, 0.15) is 41.5 Å². The van der Waals surface area contributed by atoms with Gasteiger partial charge in [0.15, 0.2) is 0 Å². The summed E-state index contributed by atoms with van der Waals surface area (Å²) in [5.41, 5.74) is -1.23. The lowest BCUT2D eigenvalue weighted by Gasteiger charge is -2.13. The minimum atomic E-state index is -0.416. The normalized spacial score (nSPS) is 11.1. The van der Waals surface area contributed by atoms with E-state index in [1.54, 1.807) is 0 Å². The quantitative estimate of drug-likeness (QED) is 0.554. The summed E-state index contributed by atoms with van der Waals surface area (Å²) in [4.78, 5) is 0. The van der Waals surface area contributed by atoms with Crippen molar-refractivity contribution >= 4 is 0 Å². The molecule has 0 unspecified atom stereocenters. The fraction of sp³-hybridized carbons (Fsp3) is 0.529. The molecule has 0 aromatic heterocycles. The average molecular weight is 224 g/mol. The molecule has 0 heteroatoms. The first-order valence-corrected chi connectivity index (χ1v) is 5.58. The van der Waals surface area contributed by atoms with Gasteiger partial charge < -0.3 is 0 Å². The van der Waals surface area contributed by atoms with Crippen LogP contribution in [0.5, 0.6) is 0 Å². The molecule has 88 valence electrons. The third kappa shape index (κ3) is 6.41. The molecular weight excluding hydrogens is 204 g/mol. The lowest BCUT2D eigenvalue weighted by Crippen LogP contribution is -2.11. The average Bonchev–Trinajstić information content (AvgIpc) is 2.25. The molecule has 0 nitrogen and oxygen atoms in total. The topological polar surface area (TPSA) is 0 Å². The first kappa shape index (κ1) is 15.2. The van der Waals surface area contributed by atoms with Gasteiger partial charge in [-0.25, -0.2) is 0 Å². The highest BCUT2D eigenvalue weighted by molar-refractivity contribution is 5.32. The van der Waals surface area contributed by atoms with Gasteiger partial charge in [-0.2, -0.15) is 0 Å². The zero-order chi connectivity index (χ0) is 13.7. The van der Waals surface area contributed by atoms with E-state index in [4.69, 9.17) is 12.8 Å². The first-order chi connectivity index (χ1) is 7.54. The Balaban J connectivity index is 5.11. The van der Waals surface area contributed by atoms with Gasteiger partial charge in [0, 0.05) is 0 Å². The molecule has 0 saturated heterocycles. The van der Waals surface area contributed by atoms with Crippen LogP contribution in [-0.2, 0) is 0 Å². The molecule has 0 aliphatic carbocycles. The van der Waals surface area contributed by atoms with Crippen LogP contribution in [0.15, 0.2) is 0 Å². The van der Waals surface area contributed by atoms with Gasteiger partial charge >= 0.3 is 0 Å². The molecule has 0 N–H and O–H groups in total. The standard InChI is InChI=1S/C17H20/c1-9-15(3,4)11-13-17(7,8)14-12-16(5,6)10-2/h1-2H,3-8H3. The molecule has 0 bridgehead atoms.